The largest absolute Gasteiger partial charge is 0.456 e. The van der Waals surface area contributed by atoms with Crippen molar-refractivity contribution in [3.8, 4) is 22.3 Å². The van der Waals surface area contributed by atoms with Crippen molar-refractivity contribution in [3.05, 3.63) is 193 Å². The molecule has 240 valence electrons. The van der Waals surface area contributed by atoms with Gasteiger partial charge in [-0.25, -0.2) is 9.98 Å². The Morgan fingerprint density at radius 2 is 1.06 bits per heavy atom. The van der Waals surface area contributed by atoms with E-state index in [0.29, 0.717) is 5.84 Å². The number of hydrogen-bond donors (Lipinski definition) is 1. The maximum Gasteiger partial charge on any atom is 0.159 e. The molecule has 4 nitrogen and oxygen atoms in total. The Morgan fingerprint density at radius 1 is 0.431 bits per heavy atom. The second-order valence-corrected chi connectivity index (χ2v) is 13.0. The first-order chi connectivity index (χ1) is 25.3. The van der Waals surface area contributed by atoms with Crippen LogP contribution in [0.15, 0.2) is 190 Å². The molecule has 0 saturated heterocycles. The minimum absolute atomic E-state index is 0.352. The summed E-state index contributed by atoms with van der Waals surface area (Å²) in [6.45, 7) is 0. The Bertz CT molecular complexity index is 2820. The molecule has 1 aliphatic rings. The Morgan fingerprint density at radius 3 is 1.96 bits per heavy atom. The monoisotopic (exact) mass is 653 g/mol. The molecule has 0 spiro atoms. The van der Waals surface area contributed by atoms with Crippen LogP contribution in [-0.2, 0) is 0 Å². The average molecular weight is 654 g/mol. The molecule has 9 aromatic rings. The minimum atomic E-state index is -0.352. The Kier molecular flexibility index (Phi) is 6.85. The van der Waals surface area contributed by atoms with Crippen molar-refractivity contribution in [2.45, 2.75) is 6.17 Å². The summed E-state index contributed by atoms with van der Waals surface area (Å²) in [6.07, 6.45) is -0.352. The maximum atomic E-state index is 6.26. The van der Waals surface area contributed by atoms with Crippen molar-refractivity contribution in [3.63, 3.8) is 0 Å². The third-order valence-electron chi connectivity index (χ3n) is 9.98. The summed E-state index contributed by atoms with van der Waals surface area (Å²) in [6, 6.07) is 61.6. The van der Waals surface area contributed by atoms with Gasteiger partial charge in [0, 0.05) is 27.5 Å². The molecule has 1 atom stereocenters. The second kappa shape index (κ2) is 12.0. The highest BCUT2D eigenvalue weighted by Gasteiger charge is 2.24. The summed E-state index contributed by atoms with van der Waals surface area (Å²) in [5.74, 6) is 1.50. The lowest BCUT2D eigenvalue weighted by molar-refractivity contribution is 0.669. The van der Waals surface area contributed by atoms with Gasteiger partial charge in [0.25, 0.3) is 0 Å². The number of benzene rings is 8. The fourth-order valence-electron chi connectivity index (χ4n) is 7.56. The van der Waals surface area contributed by atoms with E-state index in [1.165, 1.54) is 21.9 Å². The number of fused-ring (bicyclic) bond motifs is 5. The molecule has 0 bridgehead atoms. The highest BCUT2D eigenvalue weighted by Crippen LogP contribution is 2.40. The van der Waals surface area contributed by atoms with Gasteiger partial charge in [-0.05, 0) is 55.9 Å². The van der Waals surface area contributed by atoms with Gasteiger partial charge in [-0.2, -0.15) is 0 Å². The van der Waals surface area contributed by atoms with Crippen LogP contribution in [0.25, 0.3) is 65.7 Å². The Hall–Kier alpha value is -6.78. The van der Waals surface area contributed by atoms with E-state index in [1.54, 1.807) is 0 Å². The summed E-state index contributed by atoms with van der Waals surface area (Å²) >= 11 is 0. The number of amidine groups is 2. The molecule has 1 aromatic heterocycles. The molecule has 4 heteroatoms. The zero-order valence-corrected chi connectivity index (χ0v) is 27.6. The number of nitrogens with zero attached hydrogens (tertiary/aromatic N) is 2. The average Bonchev–Trinajstić information content (AvgIpc) is 3.60. The number of hydrogen-bond acceptors (Lipinski definition) is 4. The maximum absolute atomic E-state index is 6.26. The van der Waals surface area contributed by atoms with Gasteiger partial charge in [-0.1, -0.05) is 164 Å². The van der Waals surface area contributed by atoms with Crippen LogP contribution in [-0.4, -0.2) is 11.7 Å². The van der Waals surface area contributed by atoms with E-state index >= 15 is 0 Å². The molecule has 2 heterocycles. The van der Waals surface area contributed by atoms with Gasteiger partial charge < -0.3 is 9.73 Å². The zero-order chi connectivity index (χ0) is 33.7. The summed E-state index contributed by atoms with van der Waals surface area (Å²) < 4.78 is 6.26. The van der Waals surface area contributed by atoms with Gasteiger partial charge in [-0.15, -0.1) is 0 Å². The van der Waals surface area contributed by atoms with Gasteiger partial charge in [-0.3, -0.25) is 0 Å². The first kappa shape index (κ1) is 29.2. The van der Waals surface area contributed by atoms with Gasteiger partial charge in [0.15, 0.2) is 5.84 Å². The summed E-state index contributed by atoms with van der Waals surface area (Å²) in [5, 5.41) is 10.8. The van der Waals surface area contributed by atoms with Crippen LogP contribution in [0.5, 0.6) is 0 Å². The van der Waals surface area contributed by atoms with Gasteiger partial charge in [0.2, 0.25) is 0 Å². The Labute approximate surface area is 295 Å². The number of aliphatic imine (C=N–C) groups is 2. The number of para-hydroxylation sites is 1. The summed E-state index contributed by atoms with van der Waals surface area (Å²) in [7, 11) is 0. The summed E-state index contributed by atoms with van der Waals surface area (Å²) in [5.41, 5.74) is 9.56. The van der Waals surface area contributed by atoms with E-state index < -0.39 is 0 Å². The molecule has 10 rings (SSSR count). The topological polar surface area (TPSA) is 49.9 Å². The van der Waals surface area contributed by atoms with Crippen LogP contribution in [0.4, 0.5) is 0 Å². The molecule has 51 heavy (non-hydrogen) atoms. The van der Waals surface area contributed by atoms with Gasteiger partial charge in [0.1, 0.15) is 23.2 Å². The molecule has 0 radical (unpaired) electrons. The highest BCUT2D eigenvalue weighted by molar-refractivity contribution is 6.16. The van der Waals surface area contributed by atoms with Crippen molar-refractivity contribution in [1.82, 2.24) is 5.32 Å². The number of rotatable bonds is 5. The molecular weight excluding hydrogens is 623 g/mol. The standard InChI is InChI=1S/C47H31N3O/c1-2-13-32(14-3-1)45-48-46(33-28-26-31(27-29-33)35-18-8-15-30-12-4-5-16-34(30)35)50-47(49-45)40-23-10-19-36-37(20-9-21-38(36)40)39-22-11-25-43-44(39)41-17-6-7-24-42(41)51-43/h1-29,47H,(H,48,49,50). The third kappa shape index (κ3) is 5.00. The molecule has 1 unspecified atom stereocenters. The van der Waals surface area contributed by atoms with Crippen molar-refractivity contribution in [2.24, 2.45) is 9.98 Å². The quantitative estimate of drug-likeness (QED) is 0.201. The van der Waals surface area contributed by atoms with Crippen molar-refractivity contribution in [1.29, 1.82) is 0 Å². The smallest absolute Gasteiger partial charge is 0.159 e. The van der Waals surface area contributed by atoms with Crippen LogP contribution >= 0.6 is 0 Å². The third-order valence-corrected chi connectivity index (χ3v) is 9.98. The van der Waals surface area contributed by atoms with E-state index in [1.807, 2.05) is 30.3 Å². The molecule has 0 amide bonds. The number of furan rings is 1. The molecule has 8 aromatic carbocycles. The molecule has 0 saturated carbocycles. The van der Waals surface area contributed by atoms with Crippen molar-refractivity contribution in [2.75, 3.05) is 0 Å². The minimum Gasteiger partial charge on any atom is -0.456 e. The van der Waals surface area contributed by atoms with Gasteiger partial charge >= 0.3 is 0 Å². The normalized spacial score (nSPS) is 14.5. The molecule has 1 N–H and O–H groups in total. The summed E-state index contributed by atoms with van der Waals surface area (Å²) in [4.78, 5) is 10.3. The first-order valence-electron chi connectivity index (χ1n) is 17.3. The Balaban J connectivity index is 1.08. The molecule has 0 aliphatic carbocycles. The zero-order valence-electron chi connectivity index (χ0n) is 27.6. The van der Waals surface area contributed by atoms with Crippen molar-refractivity contribution >= 4 is 55.2 Å². The van der Waals surface area contributed by atoms with Crippen LogP contribution < -0.4 is 5.32 Å². The van der Waals surface area contributed by atoms with E-state index in [9.17, 15) is 0 Å². The SMILES string of the molecule is c1ccc(C2=NC(c3cccc4c(-c5cccc6oc7ccccc7c56)cccc34)NC(c3ccc(-c4cccc5ccccc45)cc3)=N2)cc1. The fourth-order valence-corrected chi connectivity index (χ4v) is 7.56. The number of nitrogens with one attached hydrogen (secondary N) is 1. The highest BCUT2D eigenvalue weighted by atomic mass is 16.3. The second-order valence-electron chi connectivity index (χ2n) is 13.0. The predicted octanol–water partition coefficient (Wildman–Crippen LogP) is 11.7. The lowest BCUT2D eigenvalue weighted by Crippen LogP contribution is -2.33. The predicted molar refractivity (Wildman–Crippen MR) is 211 cm³/mol. The van der Waals surface area contributed by atoms with E-state index in [2.05, 4.69) is 151 Å². The lowest BCUT2D eigenvalue weighted by atomic mass is 9.92. The van der Waals surface area contributed by atoms with E-state index in [-0.39, 0.29) is 6.17 Å². The lowest BCUT2D eigenvalue weighted by Gasteiger charge is -2.25. The fraction of sp³-hybridized carbons (Fsp3) is 0.0213. The van der Waals surface area contributed by atoms with Crippen LogP contribution in [0.3, 0.4) is 0 Å². The van der Waals surface area contributed by atoms with Crippen LogP contribution in [0, 0.1) is 0 Å². The molecular formula is C47H31N3O. The first-order valence-corrected chi connectivity index (χ1v) is 17.3. The van der Waals surface area contributed by atoms with E-state index in [0.717, 1.165) is 66.4 Å². The van der Waals surface area contributed by atoms with Crippen LogP contribution in [0.2, 0.25) is 0 Å². The van der Waals surface area contributed by atoms with Gasteiger partial charge in [0.05, 0.1) is 0 Å². The molecule has 1 aliphatic heterocycles. The molecule has 0 fully saturated rings. The van der Waals surface area contributed by atoms with E-state index in [4.69, 9.17) is 14.4 Å². The van der Waals surface area contributed by atoms with Crippen molar-refractivity contribution < 1.29 is 4.42 Å². The van der Waals surface area contributed by atoms with Crippen LogP contribution in [0.1, 0.15) is 22.9 Å².